The predicted octanol–water partition coefficient (Wildman–Crippen LogP) is 3.36. The Labute approximate surface area is 157 Å². The van der Waals surface area contributed by atoms with E-state index in [9.17, 15) is 9.59 Å². The maximum atomic E-state index is 11.9. The van der Waals surface area contributed by atoms with Crippen LogP contribution in [-0.4, -0.2) is 25.0 Å². The van der Waals surface area contributed by atoms with E-state index < -0.39 is 5.91 Å². The largest absolute Gasteiger partial charge is 0.490 e. The zero-order valence-corrected chi connectivity index (χ0v) is 15.2. The molecule has 0 heterocycles. The smallest absolute Gasteiger partial charge is 0.269 e. The molecule has 0 unspecified atom stereocenters. The van der Waals surface area contributed by atoms with Gasteiger partial charge in [-0.2, -0.15) is 0 Å². The molecule has 26 heavy (non-hydrogen) atoms. The van der Waals surface area contributed by atoms with Gasteiger partial charge in [0, 0.05) is 17.0 Å². The van der Waals surface area contributed by atoms with Crippen molar-refractivity contribution in [2.24, 2.45) is 0 Å². The van der Waals surface area contributed by atoms with E-state index in [4.69, 9.17) is 21.1 Å². The minimum absolute atomic E-state index is 0.220. The van der Waals surface area contributed by atoms with Crippen molar-refractivity contribution in [3.8, 4) is 11.5 Å². The first-order valence-electron chi connectivity index (χ1n) is 8.29. The second kappa shape index (κ2) is 10.3. The Kier molecular flexibility index (Phi) is 7.76. The number of amides is 2. The maximum absolute atomic E-state index is 11.9. The predicted molar refractivity (Wildman–Crippen MR) is 99.4 cm³/mol. The molecule has 2 aromatic carbocycles. The Bertz CT molecular complexity index is 735. The highest BCUT2D eigenvalue weighted by atomic mass is 35.5. The van der Waals surface area contributed by atoms with Crippen LogP contribution in [0.1, 0.15) is 30.1 Å². The van der Waals surface area contributed by atoms with Crippen molar-refractivity contribution in [3.05, 3.63) is 59.1 Å². The van der Waals surface area contributed by atoms with Gasteiger partial charge < -0.3 is 9.47 Å². The van der Waals surface area contributed by atoms with Crippen LogP contribution in [0.25, 0.3) is 0 Å². The van der Waals surface area contributed by atoms with Gasteiger partial charge >= 0.3 is 0 Å². The van der Waals surface area contributed by atoms with Crippen molar-refractivity contribution in [2.75, 3.05) is 13.2 Å². The lowest BCUT2D eigenvalue weighted by atomic mass is 10.2. The average Bonchev–Trinajstić information content (AvgIpc) is 2.65. The van der Waals surface area contributed by atoms with Crippen molar-refractivity contribution in [1.29, 1.82) is 0 Å². The molecule has 6 nitrogen and oxygen atoms in total. The summed E-state index contributed by atoms with van der Waals surface area (Å²) in [6.07, 6.45) is 0.723. The third-order valence-electron chi connectivity index (χ3n) is 3.38. The van der Waals surface area contributed by atoms with E-state index in [1.807, 2.05) is 31.2 Å². The Balaban J connectivity index is 1.68. The van der Waals surface area contributed by atoms with Crippen LogP contribution in [0.3, 0.4) is 0 Å². The van der Waals surface area contributed by atoms with Crippen molar-refractivity contribution in [3.63, 3.8) is 0 Å². The van der Waals surface area contributed by atoms with Crippen molar-refractivity contribution >= 4 is 23.4 Å². The van der Waals surface area contributed by atoms with Gasteiger partial charge in [0.1, 0.15) is 0 Å². The van der Waals surface area contributed by atoms with Crippen LogP contribution in [0.5, 0.6) is 11.5 Å². The Hall–Kier alpha value is -2.73. The Morgan fingerprint density at radius 1 is 0.962 bits per heavy atom. The van der Waals surface area contributed by atoms with Crippen molar-refractivity contribution in [1.82, 2.24) is 10.9 Å². The molecule has 0 spiro atoms. The summed E-state index contributed by atoms with van der Waals surface area (Å²) in [5.74, 6) is 0.617. The highest BCUT2D eigenvalue weighted by Crippen LogP contribution is 2.26. The number of carbonyl (C=O) groups is 2. The summed E-state index contributed by atoms with van der Waals surface area (Å²) in [7, 11) is 0. The molecule has 0 atom stereocenters. The van der Waals surface area contributed by atoms with Crippen LogP contribution in [0.2, 0.25) is 5.02 Å². The lowest BCUT2D eigenvalue weighted by Gasteiger charge is -2.11. The number of hydrogen-bond acceptors (Lipinski definition) is 4. The van der Waals surface area contributed by atoms with Gasteiger partial charge in [0.2, 0.25) is 5.91 Å². The molecule has 0 fully saturated rings. The molecule has 7 heteroatoms. The summed E-state index contributed by atoms with van der Waals surface area (Å²) in [4.78, 5) is 23.7. The Morgan fingerprint density at radius 2 is 1.62 bits per heavy atom. The summed E-state index contributed by atoms with van der Waals surface area (Å²) in [6, 6.07) is 13.7. The third kappa shape index (κ3) is 6.29. The molecular formula is C19H21ClN2O4. The highest BCUT2D eigenvalue weighted by molar-refractivity contribution is 6.30. The van der Waals surface area contributed by atoms with Gasteiger partial charge in [-0.3, -0.25) is 20.4 Å². The van der Waals surface area contributed by atoms with E-state index in [1.165, 1.54) is 0 Å². The lowest BCUT2D eigenvalue weighted by Crippen LogP contribution is -2.41. The van der Waals surface area contributed by atoms with E-state index in [-0.39, 0.29) is 12.3 Å². The second-order valence-corrected chi connectivity index (χ2v) is 5.78. The molecular weight excluding hydrogens is 356 g/mol. The van der Waals surface area contributed by atoms with Crippen LogP contribution in [0, 0.1) is 0 Å². The summed E-state index contributed by atoms with van der Waals surface area (Å²) in [6.45, 7) is 2.82. The number of benzene rings is 2. The summed E-state index contributed by atoms with van der Waals surface area (Å²) in [5.41, 5.74) is 5.14. The number of carbonyl (C=O) groups excluding carboxylic acids is 2. The van der Waals surface area contributed by atoms with Crippen LogP contribution >= 0.6 is 11.6 Å². The van der Waals surface area contributed by atoms with Gasteiger partial charge in [-0.15, -0.1) is 0 Å². The number of halogens is 1. The molecule has 0 saturated heterocycles. The standard InChI is InChI=1S/C19H21ClN2O4/c1-2-25-16-6-3-4-7-17(16)26-13-5-8-18(23)21-22-19(24)14-9-11-15(20)12-10-14/h3-4,6-7,9-12H,2,5,8,13H2,1H3,(H,21,23)(H,22,24). The summed E-state index contributed by atoms with van der Waals surface area (Å²) in [5, 5.41) is 0.538. The summed E-state index contributed by atoms with van der Waals surface area (Å²) >= 11 is 5.77. The molecule has 2 rings (SSSR count). The SMILES string of the molecule is CCOc1ccccc1OCCCC(=O)NNC(=O)c1ccc(Cl)cc1. The molecule has 2 aromatic rings. The number of rotatable bonds is 8. The molecule has 0 bridgehead atoms. The first-order chi connectivity index (χ1) is 12.6. The second-order valence-electron chi connectivity index (χ2n) is 5.34. The van der Waals surface area contributed by atoms with Crippen LogP contribution in [0.4, 0.5) is 0 Å². The molecule has 0 saturated carbocycles. The van der Waals surface area contributed by atoms with Gasteiger partial charge in [0.25, 0.3) is 5.91 Å². The molecule has 0 radical (unpaired) electrons. The highest BCUT2D eigenvalue weighted by Gasteiger charge is 2.08. The molecule has 138 valence electrons. The topological polar surface area (TPSA) is 76.7 Å². The first-order valence-corrected chi connectivity index (χ1v) is 8.67. The minimum Gasteiger partial charge on any atom is -0.490 e. The van der Waals surface area contributed by atoms with Gasteiger partial charge in [-0.05, 0) is 49.7 Å². The number of hydrazine groups is 1. The maximum Gasteiger partial charge on any atom is 0.269 e. The van der Waals surface area contributed by atoms with Gasteiger partial charge in [0.05, 0.1) is 13.2 Å². The monoisotopic (exact) mass is 376 g/mol. The molecule has 2 amide bonds. The van der Waals surface area contributed by atoms with E-state index in [2.05, 4.69) is 10.9 Å². The van der Waals surface area contributed by atoms with Crippen molar-refractivity contribution < 1.29 is 19.1 Å². The quantitative estimate of drug-likeness (QED) is 0.547. The molecule has 0 aliphatic rings. The normalized spacial score (nSPS) is 10.1. The molecule has 2 N–H and O–H groups in total. The number of para-hydroxylation sites is 2. The van der Waals surface area contributed by atoms with Crippen LogP contribution in [0.15, 0.2) is 48.5 Å². The summed E-state index contributed by atoms with van der Waals surface area (Å²) < 4.78 is 11.1. The minimum atomic E-state index is -0.406. The number of hydrogen-bond donors (Lipinski definition) is 2. The van der Waals surface area contributed by atoms with Gasteiger partial charge in [-0.25, -0.2) is 0 Å². The lowest BCUT2D eigenvalue weighted by molar-refractivity contribution is -0.122. The van der Waals surface area contributed by atoms with E-state index >= 15 is 0 Å². The van der Waals surface area contributed by atoms with Gasteiger partial charge in [0.15, 0.2) is 11.5 Å². The molecule has 0 aliphatic heterocycles. The fourth-order valence-electron chi connectivity index (χ4n) is 2.12. The average molecular weight is 377 g/mol. The van der Waals surface area contributed by atoms with Crippen molar-refractivity contribution in [2.45, 2.75) is 19.8 Å². The third-order valence-corrected chi connectivity index (χ3v) is 3.63. The fraction of sp³-hybridized carbons (Fsp3) is 0.263. The Morgan fingerprint density at radius 3 is 2.27 bits per heavy atom. The zero-order chi connectivity index (χ0) is 18.8. The first kappa shape index (κ1) is 19.6. The van der Waals surface area contributed by atoms with Gasteiger partial charge in [-0.1, -0.05) is 23.7 Å². The van der Waals surface area contributed by atoms with E-state index in [0.717, 1.165) is 0 Å². The number of nitrogens with one attached hydrogen (secondary N) is 2. The van der Waals surface area contributed by atoms with Crippen LogP contribution in [-0.2, 0) is 4.79 Å². The number of ether oxygens (including phenoxy) is 2. The zero-order valence-electron chi connectivity index (χ0n) is 14.5. The van der Waals surface area contributed by atoms with E-state index in [1.54, 1.807) is 24.3 Å². The molecule has 0 aromatic heterocycles. The van der Waals surface area contributed by atoms with Crippen LogP contribution < -0.4 is 20.3 Å². The van der Waals surface area contributed by atoms with E-state index in [0.29, 0.717) is 41.7 Å². The molecule has 0 aliphatic carbocycles. The fourth-order valence-corrected chi connectivity index (χ4v) is 2.25.